The number of likely N-dealkylation sites (tertiary alicyclic amines) is 1. The molecule has 5 nitrogen and oxygen atoms in total. The lowest BCUT2D eigenvalue weighted by Gasteiger charge is -2.35. The summed E-state index contributed by atoms with van der Waals surface area (Å²) in [6.45, 7) is 6.88. The van der Waals surface area contributed by atoms with Gasteiger partial charge in [-0.2, -0.15) is 5.10 Å². The van der Waals surface area contributed by atoms with Crippen LogP contribution < -0.4 is 0 Å². The van der Waals surface area contributed by atoms with Crippen molar-refractivity contribution in [3.8, 4) is 5.69 Å². The molecule has 0 N–H and O–H groups in total. The first-order valence-corrected chi connectivity index (χ1v) is 10.3. The van der Waals surface area contributed by atoms with E-state index in [1.807, 2.05) is 43.0 Å². The second-order valence-corrected chi connectivity index (χ2v) is 7.95. The van der Waals surface area contributed by atoms with Gasteiger partial charge in [0.25, 0.3) is 5.91 Å². The first kappa shape index (κ1) is 18.9. The average molecular weight is 397 g/mol. The Labute approximate surface area is 170 Å². The van der Waals surface area contributed by atoms with E-state index in [0.717, 1.165) is 42.6 Å². The zero-order chi connectivity index (χ0) is 19.8. The second-order valence-electron chi connectivity index (χ2n) is 7.57. The van der Waals surface area contributed by atoms with Crippen molar-refractivity contribution in [3.63, 3.8) is 0 Å². The van der Waals surface area contributed by atoms with Gasteiger partial charge in [-0.3, -0.25) is 4.79 Å². The first-order chi connectivity index (χ1) is 13.5. The molecule has 1 aliphatic rings. The Bertz CT molecular complexity index is 1030. The fourth-order valence-corrected chi connectivity index (χ4v) is 4.42. The molecule has 0 unspecified atom stereocenters. The van der Waals surface area contributed by atoms with E-state index in [0.29, 0.717) is 16.2 Å². The van der Waals surface area contributed by atoms with E-state index in [4.69, 9.17) is 11.6 Å². The van der Waals surface area contributed by atoms with E-state index in [9.17, 15) is 4.79 Å². The predicted molar refractivity (Wildman–Crippen MR) is 112 cm³/mol. The van der Waals surface area contributed by atoms with E-state index in [-0.39, 0.29) is 11.9 Å². The zero-order valence-corrected chi connectivity index (χ0v) is 17.3. The van der Waals surface area contributed by atoms with Crippen LogP contribution in [0.15, 0.2) is 30.5 Å². The molecule has 28 heavy (non-hydrogen) atoms. The van der Waals surface area contributed by atoms with Crippen LogP contribution in [0, 0.1) is 13.8 Å². The van der Waals surface area contributed by atoms with Gasteiger partial charge in [0, 0.05) is 18.8 Å². The van der Waals surface area contributed by atoms with Gasteiger partial charge in [0.2, 0.25) is 0 Å². The van der Waals surface area contributed by atoms with Crippen LogP contribution in [0.4, 0.5) is 0 Å². The fraction of sp³-hybridized carbons (Fsp3) is 0.409. The number of rotatable bonds is 3. The number of nitrogens with zero attached hydrogens (tertiary/aromatic N) is 4. The quantitative estimate of drug-likeness (QED) is 0.619. The second kappa shape index (κ2) is 7.55. The summed E-state index contributed by atoms with van der Waals surface area (Å²) in [6, 6.07) is 8.38. The number of aromatic nitrogens is 3. The Hall–Kier alpha value is -2.40. The number of carbonyl (C=O) groups is 1. The summed E-state index contributed by atoms with van der Waals surface area (Å²) in [6.07, 6.45) is 5.85. The summed E-state index contributed by atoms with van der Waals surface area (Å²) in [5, 5.41) is 5.84. The van der Waals surface area contributed by atoms with Gasteiger partial charge < -0.3 is 4.90 Å². The number of amides is 1. The van der Waals surface area contributed by atoms with Crippen LogP contribution in [-0.4, -0.2) is 38.2 Å². The Morgan fingerprint density at radius 2 is 1.96 bits per heavy atom. The number of hydrogen-bond acceptors (Lipinski definition) is 3. The molecule has 3 heterocycles. The number of carbonyl (C=O) groups excluding carboxylic acids is 1. The van der Waals surface area contributed by atoms with Gasteiger partial charge >= 0.3 is 0 Å². The van der Waals surface area contributed by atoms with Gasteiger partial charge in [-0.05, 0) is 51.7 Å². The molecule has 0 spiro atoms. The number of piperidine rings is 1. The lowest BCUT2D eigenvalue weighted by atomic mass is 9.99. The van der Waals surface area contributed by atoms with Crippen molar-refractivity contribution in [2.45, 2.75) is 52.5 Å². The Balaban J connectivity index is 1.78. The summed E-state index contributed by atoms with van der Waals surface area (Å²) in [5.41, 5.74) is 4.03. The number of fused-ring (bicyclic) bond motifs is 1. The molecule has 0 radical (unpaired) electrons. The topological polar surface area (TPSA) is 51.0 Å². The smallest absolute Gasteiger partial charge is 0.257 e. The minimum atomic E-state index is -0.0200. The molecule has 6 heteroatoms. The molecule has 3 aromatic rings. The predicted octanol–water partition coefficient (Wildman–Crippen LogP) is 5.10. The first-order valence-electron chi connectivity index (χ1n) is 9.93. The molecular formula is C22H25ClN4O. The molecule has 1 fully saturated rings. The summed E-state index contributed by atoms with van der Waals surface area (Å²) in [5.74, 6) is -0.0200. The maximum Gasteiger partial charge on any atom is 0.257 e. The zero-order valence-electron chi connectivity index (χ0n) is 16.6. The standard InChI is InChI=1S/C22H25ClN4O/c1-4-16-7-5-6-12-26(16)22(28)18-13-24-21-19(20(18)23)15(3)25-27(21)17-10-8-14(2)9-11-17/h8-11,13,16H,4-7,12H2,1-3H3/t16-/m1/s1. The summed E-state index contributed by atoms with van der Waals surface area (Å²) in [7, 11) is 0. The van der Waals surface area contributed by atoms with E-state index >= 15 is 0 Å². The highest BCUT2D eigenvalue weighted by Gasteiger charge is 2.29. The van der Waals surface area contributed by atoms with Gasteiger partial charge in [-0.25, -0.2) is 9.67 Å². The van der Waals surface area contributed by atoms with Crippen molar-refractivity contribution in [2.24, 2.45) is 0 Å². The average Bonchev–Trinajstić information content (AvgIpc) is 3.05. The van der Waals surface area contributed by atoms with Gasteiger partial charge in [-0.15, -0.1) is 0 Å². The van der Waals surface area contributed by atoms with E-state index in [1.165, 1.54) is 12.0 Å². The van der Waals surface area contributed by atoms with Crippen LogP contribution >= 0.6 is 11.6 Å². The van der Waals surface area contributed by atoms with Gasteiger partial charge in [0.05, 0.1) is 27.4 Å². The van der Waals surface area contributed by atoms with Crippen LogP contribution in [0.3, 0.4) is 0 Å². The SMILES string of the molecule is CC[C@@H]1CCCCN1C(=O)c1cnc2c(c(C)nn2-c2ccc(C)cc2)c1Cl. The molecule has 2 aromatic heterocycles. The number of hydrogen-bond donors (Lipinski definition) is 0. The summed E-state index contributed by atoms with van der Waals surface area (Å²) >= 11 is 6.74. The number of benzene rings is 1. The molecule has 0 bridgehead atoms. The normalized spacial score (nSPS) is 17.3. The van der Waals surface area contributed by atoms with Crippen molar-refractivity contribution >= 4 is 28.5 Å². The minimum absolute atomic E-state index is 0.0200. The highest BCUT2D eigenvalue weighted by molar-refractivity contribution is 6.38. The van der Waals surface area contributed by atoms with Crippen LogP contribution in [0.25, 0.3) is 16.7 Å². The van der Waals surface area contributed by atoms with Gasteiger partial charge in [0.1, 0.15) is 0 Å². The highest BCUT2D eigenvalue weighted by Crippen LogP contribution is 2.32. The fourth-order valence-electron chi connectivity index (χ4n) is 4.07. The summed E-state index contributed by atoms with van der Waals surface area (Å²) in [4.78, 5) is 19.8. The maximum absolute atomic E-state index is 13.2. The van der Waals surface area contributed by atoms with Gasteiger partial charge in [-0.1, -0.05) is 36.2 Å². The lowest BCUT2D eigenvalue weighted by molar-refractivity contribution is 0.0608. The van der Waals surface area contributed by atoms with Crippen molar-refractivity contribution in [1.82, 2.24) is 19.7 Å². The Morgan fingerprint density at radius 3 is 2.68 bits per heavy atom. The molecule has 1 aliphatic heterocycles. The third-order valence-electron chi connectivity index (χ3n) is 5.68. The monoisotopic (exact) mass is 396 g/mol. The molecule has 1 atom stereocenters. The van der Waals surface area contributed by atoms with Crippen LogP contribution in [0.1, 0.15) is 54.2 Å². The molecule has 0 aliphatic carbocycles. The molecule has 4 rings (SSSR count). The Morgan fingerprint density at radius 1 is 1.21 bits per heavy atom. The van der Waals surface area contributed by atoms with Crippen LogP contribution in [-0.2, 0) is 0 Å². The molecule has 1 amide bonds. The van der Waals surface area contributed by atoms with Crippen LogP contribution in [0.2, 0.25) is 5.02 Å². The lowest BCUT2D eigenvalue weighted by Crippen LogP contribution is -2.43. The largest absolute Gasteiger partial charge is 0.336 e. The molecule has 1 aromatic carbocycles. The van der Waals surface area contributed by atoms with Crippen molar-refractivity contribution < 1.29 is 4.79 Å². The molecular weight excluding hydrogens is 372 g/mol. The van der Waals surface area contributed by atoms with Crippen molar-refractivity contribution in [1.29, 1.82) is 0 Å². The van der Waals surface area contributed by atoms with Crippen molar-refractivity contribution in [2.75, 3.05) is 6.54 Å². The summed E-state index contributed by atoms with van der Waals surface area (Å²) < 4.78 is 1.79. The molecule has 1 saturated heterocycles. The third-order valence-corrected chi connectivity index (χ3v) is 6.07. The van der Waals surface area contributed by atoms with E-state index < -0.39 is 0 Å². The molecule has 0 saturated carbocycles. The third kappa shape index (κ3) is 3.18. The van der Waals surface area contributed by atoms with Gasteiger partial charge in [0.15, 0.2) is 5.65 Å². The molecule has 146 valence electrons. The number of aryl methyl sites for hydroxylation is 2. The maximum atomic E-state index is 13.2. The van der Waals surface area contributed by atoms with E-state index in [2.05, 4.69) is 17.0 Å². The Kier molecular flexibility index (Phi) is 5.11. The number of pyridine rings is 1. The van der Waals surface area contributed by atoms with E-state index in [1.54, 1.807) is 10.9 Å². The highest BCUT2D eigenvalue weighted by atomic mass is 35.5. The van der Waals surface area contributed by atoms with Crippen LogP contribution in [0.5, 0.6) is 0 Å². The van der Waals surface area contributed by atoms with Crippen molar-refractivity contribution in [3.05, 3.63) is 52.3 Å². The number of halogens is 1. The minimum Gasteiger partial charge on any atom is -0.336 e.